The number of amides is 1. The van der Waals surface area contributed by atoms with E-state index in [0.717, 1.165) is 40.9 Å². The standard InChI is InChI=1S/C20H21Cl2N3O2S/c1-12-16-8-18(19(27)24-6-2-3-13(9-24)11-26)28-20(16)25(23-12)10-14-4-5-15(21)7-17(14)22/h4-5,7-8,13,26H,2-3,6,9-11H2,1H3. The second-order valence-corrected chi connectivity index (χ2v) is 9.12. The Labute approximate surface area is 177 Å². The van der Waals surface area contributed by atoms with Crippen molar-refractivity contribution in [3.63, 3.8) is 0 Å². The average molecular weight is 438 g/mol. The van der Waals surface area contributed by atoms with E-state index in [1.807, 2.05) is 34.7 Å². The van der Waals surface area contributed by atoms with E-state index in [1.165, 1.54) is 11.3 Å². The van der Waals surface area contributed by atoms with E-state index < -0.39 is 0 Å². The number of aryl methyl sites for hydroxylation is 1. The number of hydrogen-bond acceptors (Lipinski definition) is 4. The number of halogens is 2. The summed E-state index contributed by atoms with van der Waals surface area (Å²) in [6, 6.07) is 7.38. The third-order valence-corrected chi connectivity index (χ3v) is 6.94. The van der Waals surface area contributed by atoms with Crippen molar-refractivity contribution in [1.82, 2.24) is 14.7 Å². The fourth-order valence-electron chi connectivity index (χ4n) is 3.69. The second-order valence-electron chi connectivity index (χ2n) is 7.25. The summed E-state index contributed by atoms with van der Waals surface area (Å²) in [6.07, 6.45) is 1.91. The Kier molecular flexibility index (Phi) is 5.65. The zero-order chi connectivity index (χ0) is 19.8. The summed E-state index contributed by atoms with van der Waals surface area (Å²) < 4.78 is 1.90. The number of nitrogens with zero attached hydrogens (tertiary/aromatic N) is 3. The number of benzene rings is 1. The number of carbonyl (C=O) groups excluding carboxylic acids is 1. The van der Waals surface area contributed by atoms with E-state index >= 15 is 0 Å². The van der Waals surface area contributed by atoms with Crippen LogP contribution in [0, 0.1) is 12.8 Å². The minimum absolute atomic E-state index is 0.0369. The third kappa shape index (κ3) is 3.79. The topological polar surface area (TPSA) is 58.4 Å². The van der Waals surface area contributed by atoms with Gasteiger partial charge in [0.05, 0.1) is 17.1 Å². The molecule has 0 radical (unpaired) electrons. The summed E-state index contributed by atoms with van der Waals surface area (Å²) in [6.45, 7) is 3.97. The normalized spacial score (nSPS) is 17.4. The van der Waals surface area contributed by atoms with Gasteiger partial charge in [-0.2, -0.15) is 5.10 Å². The molecule has 5 nitrogen and oxygen atoms in total. The second kappa shape index (κ2) is 8.03. The predicted molar refractivity (Wildman–Crippen MR) is 114 cm³/mol. The van der Waals surface area contributed by atoms with Crippen molar-refractivity contribution in [3.05, 3.63) is 50.4 Å². The van der Waals surface area contributed by atoms with Crippen LogP contribution >= 0.6 is 34.5 Å². The molecule has 1 amide bonds. The van der Waals surface area contributed by atoms with Gasteiger partial charge in [0, 0.05) is 35.1 Å². The molecule has 1 N–H and O–H groups in total. The Balaban J connectivity index is 1.62. The van der Waals surface area contributed by atoms with Gasteiger partial charge in [0.15, 0.2) is 0 Å². The van der Waals surface area contributed by atoms with Gasteiger partial charge in [-0.05, 0) is 49.4 Å². The van der Waals surface area contributed by atoms with Crippen molar-refractivity contribution in [1.29, 1.82) is 0 Å². The van der Waals surface area contributed by atoms with Gasteiger partial charge in [0.25, 0.3) is 5.91 Å². The number of aliphatic hydroxyl groups is 1. The SMILES string of the molecule is Cc1nn(Cc2ccc(Cl)cc2Cl)c2sc(C(=O)N3CCCC(CO)C3)cc12. The van der Waals surface area contributed by atoms with Crippen LogP contribution in [0.4, 0.5) is 0 Å². The molecule has 1 saturated heterocycles. The summed E-state index contributed by atoms with van der Waals surface area (Å²) in [5, 5.41) is 16.2. The van der Waals surface area contributed by atoms with Gasteiger partial charge in [0.1, 0.15) is 4.83 Å². The molecule has 1 atom stereocenters. The van der Waals surface area contributed by atoms with Crippen LogP contribution in [0.15, 0.2) is 24.3 Å². The zero-order valence-electron chi connectivity index (χ0n) is 15.5. The summed E-state index contributed by atoms with van der Waals surface area (Å²) in [4.78, 5) is 16.5. The fourth-order valence-corrected chi connectivity index (χ4v) is 5.29. The predicted octanol–water partition coefficient (Wildman–Crippen LogP) is 4.61. The molecule has 3 heterocycles. The lowest BCUT2D eigenvalue weighted by atomic mass is 9.99. The summed E-state index contributed by atoms with van der Waals surface area (Å²) >= 11 is 13.8. The van der Waals surface area contributed by atoms with Crippen LogP contribution in [0.5, 0.6) is 0 Å². The molecular weight excluding hydrogens is 417 g/mol. The number of likely N-dealkylation sites (tertiary alicyclic amines) is 1. The van der Waals surface area contributed by atoms with E-state index in [2.05, 4.69) is 5.10 Å². The highest BCUT2D eigenvalue weighted by Gasteiger charge is 2.26. The largest absolute Gasteiger partial charge is 0.396 e. The van der Waals surface area contributed by atoms with E-state index in [0.29, 0.717) is 28.0 Å². The molecule has 0 bridgehead atoms. The lowest BCUT2D eigenvalue weighted by molar-refractivity contribution is 0.0625. The third-order valence-electron chi connectivity index (χ3n) is 5.22. The quantitative estimate of drug-likeness (QED) is 0.648. The molecule has 4 rings (SSSR count). The molecule has 1 aliphatic rings. The molecule has 1 aliphatic heterocycles. The molecule has 8 heteroatoms. The van der Waals surface area contributed by atoms with Crippen LogP contribution < -0.4 is 0 Å². The Hall–Kier alpha value is -1.60. The average Bonchev–Trinajstić information content (AvgIpc) is 3.25. The summed E-state index contributed by atoms with van der Waals surface area (Å²) in [7, 11) is 0. The Bertz CT molecular complexity index is 1030. The molecule has 1 unspecified atom stereocenters. The Morgan fingerprint density at radius 2 is 2.18 bits per heavy atom. The van der Waals surface area contributed by atoms with Gasteiger partial charge in [0.2, 0.25) is 0 Å². The monoisotopic (exact) mass is 437 g/mol. The number of rotatable bonds is 4. The zero-order valence-corrected chi connectivity index (χ0v) is 17.8. The van der Waals surface area contributed by atoms with Crippen molar-refractivity contribution in [2.75, 3.05) is 19.7 Å². The number of aliphatic hydroxyl groups excluding tert-OH is 1. The van der Waals surface area contributed by atoms with Gasteiger partial charge in [-0.3, -0.25) is 9.48 Å². The van der Waals surface area contributed by atoms with E-state index in [1.54, 1.807) is 6.07 Å². The Morgan fingerprint density at radius 1 is 1.36 bits per heavy atom. The minimum atomic E-state index is 0.0369. The number of piperidine rings is 1. The van der Waals surface area contributed by atoms with Gasteiger partial charge < -0.3 is 10.0 Å². The van der Waals surface area contributed by atoms with Crippen molar-refractivity contribution < 1.29 is 9.90 Å². The first-order chi connectivity index (χ1) is 13.5. The molecule has 148 valence electrons. The van der Waals surface area contributed by atoms with Gasteiger partial charge >= 0.3 is 0 Å². The van der Waals surface area contributed by atoms with Crippen molar-refractivity contribution in [2.24, 2.45) is 5.92 Å². The van der Waals surface area contributed by atoms with Crippen LogP contribution in [-0.4, -0.2) is 45.4 Å². The lowest BCUT2D eigenvalue weighted by Crippen LogP contribution is -2.40. The first kappa shape index (κ1) is 19.7. The summed E-state index contributed by atoms with van der Waals surface area (Å²) in [5.74, 6) is 0.214. The maximum absolute atomic E-state index is 13.0. The number of fused-ring (bicyclic) bond motifs is 1. The highest BCUT2D eigenvalue weighted by atomic mass is 35.5. The van der Waals surface area contributed by atoms with Gasteiger partial charge in [-0.25, -0.2) is 0 Å². The van der Waals surface area contributed by atoms with E-state index in [-0.39, 0.29) is 18.4 Å². The fraction of sp³-hybridized carbons (Fsp3) is 0.400. The molecule has 1 fully saturated rings. The number of thiophene rings is 1. The molecule has 2 aromatic heterocycles. The van der Waals surface area contributed by atoms with Crippen LogP contribution in [-0.2, 0) is 6.54 Å². The van der Waals surface area contributed by atoms with Crippen molar-refractivity contribution >= 4 is 50.7 Å². The molecule has 0 saturated carbocycles. The molecule has 28 heavy (non-hydrogen) atoms. The molecule has 1 aromatic carbocycles. The number of carbonyl (C=O) groups is 1. The van der Waals surface area contributed by atoms with Gasteiger partial charge in [-0.1, -0.05) is 29.3 Å². The van der Waals surface area contributed by atoms with Crippen LogP contribution in [0.25, 0.3) is 10.2 Å². The maximum atomic E-state index is 13.0. The van der Waals surface area contributed by atoms with Crippen LogP contribution in [0.3, 0.4) is 0 Å². The van der Waals surface area contributed by atoms with E-state index in [4.69, 9.17) is 23.2 Å². The first-order valence-corrected chi connectivity index (χ1v) is 10.8. The molecule has 3 aromatic rings. The van der Waals surface area contributed by atoms with E-state index in [9.17, 15) is 9.90 Å². The lowest BCUT2D eigenvalue weighted by Gasteiger charge is -2.31. The summed E-state index contributed by atoms with van der Waals surface area (Å²) in [5.41, 5.74) is 1.82. The first-order valence-electron chi connectivity index (χ1n) is 9.27. The van der Waals surface area contributed by atoms with Gasteiger partial charge in [-0.15, -0.1) is 11.3 Å². The smallest absolute Gasteiger partial charge is 0.264 e. The van der Waals surface area contributed by atoms with Crippen molar-refractivity contribution in [2.45, 2.75) is 26.3 Å². The molecular formula is C20H21Cl2N3O2S. The minimum Gasteiger partial charge on any atom is -0.396 e. The highest BCUT2D eigenvalue weighted by Crippen LogP contribution is 2.31. The molecule has 0 aliphatic carbocycles. The van der Waals surface area contributed by atoms with Crippen LogP contribution in [0.2, 0.25) is 10.0 Å². The number of hydrogen-bond donors (Lipinski definition) is 1. The Morgan fingerprint density at radius 3 is 2.93 bits per heavy atom. The van der Waals surface area contributed by atoms with Crippen LogP contribution in [0.1, 0.15) is 33.8 Å². The van der Waals surface area contributed by atoms with Crippen molar-refractivity contribution in [3.8, 4) is 0 Å². The number of aromatic nitrogens is 2. The maximum Gasteiger partial charge on any atom is 0.264 e. The molecule has 0 spiro atoms. The highest BCUT2D eigenvalue weighted by molar-refractivity contribution is 7.20.